The molecule has 3 rings (SSSR count). The number of nitrogens with one attached hydrogen (secondary N) is 1. The summed E-state index contributed by atoms with van der Waals surface area (Å²) in [6.07, 6.45) is 1.48. The van der Waals surface area contributed by atoms with Crippen LogP contribution in [0.1, 0.15) is 10.4 Å². The van der Waals surface area contributed by atoms with Gasteiger partial charge in [-0.1, -0.05) is 0 Å². The van der Waals surface area contributed by atoms with Crippen molar-refractivity contribution >= 4 is 43.1 Å². The number of anilines is 2. The lowest BCUT2D eigenvalue weighted by atomic mass is 10.2. The molecule has 2 heterocycles. The van der Waals surface area contributed by atoms with E-state index in [0.717, 1.165) is 20.7 Å². The van der Waals surface area contributed by atoms with Gasteiger partial charge < -0.3 is 10.1 Å². The van der Waals surface area contributed by atoms with Crippen molar-refractivity contribution < 1.29 is 13.2 Å². The molecule has 0 aliphatic heterocycles. The Labute approximate surface area is 143 Å². The predicted octanol–water partition coefficient (Wildman–Crippen LogP) is 2.71. The zero-order chi connectivity index (χ0) is 17.5. The Balaban J connectivity index is 2.10. The van der Waals surface area contributed by atoms with Crippen molar-refractivity contribution in [3.63, 3.8) is 0 Å². The Bertz CT molecular complexity index is 1030. The molecule has 3 N–H and O–H groups in total. The number of methoxy groups -OCH3 is 1. The van der Waals surface area contributed by atoms with Crippen LogP contribution in [0.2, 0.25) is 0 Å². The van der Waals surface area contributed by atoms with Crippen molar-refractivity contribution in [2.24, 2.45) is 5.14 Å². The fourth-order valence-electron chi connectivity index (χ4n) is 2.39. The molecule has 9 heteroatoms. The van der Waals surface area contributed by atoms with Crippen LogP contribution in [0.15, 0.2) is 29.4 Å². The molecule has 2 aromatic heterocycles. The molecule has 7 nitrogen and oxygen atoms in total. The Kier molecular flexibility index (Phi) is 4.16. The van der Waals surface area contributed by atoms with Crippen molar-refractivity contribution in [2.75, 3.05) is 12.4 Å². The number of aromatic nitrogens is 2. The average molecular weight is 364 g/mol. The Hall–Kier alpha value is -2.23. The van der Waals surface area contributed by atoms with Gasteiger partial charge in [0.1, 0.15) is 27.6 Å². The van der Waals surface area contributed by atoms with Gasteiger partial charge in [0.2, 0.25) is 10.0 Å². The van der Waals surface area contributed by atoms with Gasteiger partial charge in [-0.25, -0.2) is 23.5 Å². The van der Waals surface area contributed by atoms with Crippen LogP contribution in [0.5, 0.6) is 5.75 Å². The van der Waals surface area contributed by atoms with Crippen LogP contribution in [-0.2, 0) is 10.0 Å². The van der Waals surface area contributed by atoms with E-state index >= 15 is 0 Å². The standard InChI is InChI=1S/C15H16N4O3S2/c1-8-9(2)23-15-13(8)14(17-7-18-15)19-10-4-5-11(22-3)12(6-10)24(16,20)21/h4-7H,1-3H3,(H2,16,20,21)(H,17,18,19). The second kappa shape index (κ2) is 6.00. The average Bonchev–Trinajstić information content (AvgIpc) is 2.82. The SMILES string of the molecule is COc1ccc(Nc2ncnc3sc(C)c(C)c23)cc1S(N)(=O)=O. The third-order valence-electron chi connectivity index (χ3n) is 3.70. The largest absolute Gasteiger partial charge is 0.495 e. The fourth-order valence-corrected chi connectivity index (χ4v) is 4.11. The summed E-state index contributed by atoms with van der Waals surface area (Å²) in [6, 6.07) is 4.68. The molecule has 0 aliphatic carbocycles. The Morgan fingerprint density at radius 3 is 2.67 bits per heavy atom. The van der Waals surface area contributed by atoms with Crippen LogP contribution in [0.3, 0.4) is 0 Å². The van der Waals surface area contributed by atoms with E-state index in [9.17, 15) is 8.42 Å². The summed E-state index contributed by atoms with van der Waals surface area (Å²) in [5.41, 5.74) is 1.64. The minimum atomic E-state index is -3.90. The zero-order valence-electron chi connectivity index (χ0n) is 13.3. The van der Waals surface area contributed by atoms with Crippen LogP contribution < -0.4 is 15.2 Å². The number of benzene rings is 1. The molecule has 126 valence electrons. The van der Waals surface area contributed by atoms with Crippen molar-refractivity contribution in [3.8, 4) is 5.75 Å². The summed E-state index contributed by atoms with van der Waals surface area (Å²) in [7, 11) is -2.51. The minimum Gasteiger partial charge on any atom is -0.495 e. The first kappa shape index (κ1) is 16.6. The molecule has 0 bridgehead atoms. The third kappa shape index (κ3) is 2.93. The van der Waals surface area contributed by atoms with Crippen molar-refractivity contribution in [2.45, 2.75) is 18.7 Å². The van der Waals surface area contributed by atoms with Gasteiger partial charge in [0.15, 0.2) is 0 Å². The molecule has 24 heavy (non-hydrogen) atoms. The lowest BCUT2D eigenvalue weighted by molar-refractivity contribution is 0.403. The van der Waals surface area contributed by atoms with E-state index in [4.69, 9.17) is 9.88 Å². The highest BCUT2D eigenvalue weighted by Gasteiger charge is 2.17. The molecule has 0 amide bonds. The number of aryl methyl sites for hydroxylation is 2. The first-order chi connectivity index (χ1) is 11.3. The number of rotatable bonds is 4. The number of ether oxygens (including phenoxy) is 1. The van der Waals surface area contributed by atoms with Crippen LogP contribution in [0.25, 0.3) is 10.2 Å². The minimum absolute atomic E-state index is 0.0847. The quantitative estimate of drug-likeness (QED) is 0.737. The summed E-state index contributed by atoms with van der Waals surface area (Å²) >= 11 is 1.59. The van der Waals surface area contributed by atoms with Gasteiger partial charge >= 0.3 is 0 Å². The maximum Gasteiger partial charge on any atom is 0.241 e. The van der Waals surface area contributed by atoms with Crippen molar-refractivity contribution in [1.29, 1.82) is 0 Å². The molecule has 0 aliphatic rings. The highest BCUT2D eigenvalue weighted by Crippen LogP contribution is 2.34. The first-order valence-electron chi connectivity index (χ1n) is 7.00. The maximum atomic E-state index is 11.7. The molecule has 1 aromatic carbocycles. The second-order valence-corrected chi connectivity index (χ2v) is 7.95. The molecule has 3 aromatic rings. The summed E-state index contributed by atoms with van der Waals surface area (Å²) in [4.78, 5) is 10.5. The van der Waals surface area contributed by atoms with Crippen molar-refractivity contribution in [1.82, 2.24) is 9.97 Å². The highest BCUT2D eigenvalue weighted by molar-refractivity contribution is 7.89. The summed E-state index contributed by atoms with van der Waals surface area (Å²) in [5.74, 6) is 0.811. The summed E-state index contributed by atoms with van der Waals surface area (Å²) < 4.78 is 28.5. The van der Waals surface area contributed by atoms with E-state index in [-0.39, 0.29) is 10.6 Å². The molecular formula is C15H16N4O3S2. The van der Waals surface area contributed by atoms with Crippen LogP contribution >= 0.6 is 11.3 Å². The lowest BCUT2D eigenvalue weighted by Gasteiger charge is -2.11. The number of sulfonamides is 1. The van der Waals surface area contributed by atoms with Crippen LogP contribution in [0, 0.1) is 13.8 Å². The molecule has 0 radical (unpaired) electrons. The van der Waals surface area contributed by atoms with E-state index in [1.807, 2.05) is 13.8 Å². The monoisotopic (exact) mass is 364 g/mol. The fraction of sp³-hybridized carbons (Fsp3) is 0.200. The number of thiophene rings is 1. The van der Waals surface area contributed by atoms with E-state index in [1.54, 1.807) is 23.5 Å². The summed E-state index contributed by atoms with van der Waals surface area (Å²) in [6.45, 7) is 4.03. The number of hydrogen-bond donors (Lipinski definition) is 2. The molecule has 0 fully saturated rings. The Morgan fingerprint density at radius 1 is 1.25 bits per heavy atom. The number of primary sulfonamides is 1. The van der Waals surface area contributed by atoms with Gasteiger partial charge in [-0.2, -0.15) is 0 Å². The molecular weight excluding hydrogens is 348 g/mol. The maximum absolute atomic E-state index is 11.7. The molecule has 0 spiro atoms. The normalized spacial score (nSPS) is 11.7. The van der Waals surface area contributed by atoms with E-state index in [0.29, 0.717) is 11.5 Å². The van der Waals surface area contributed by atoms with Gasteiger partial charge in [0.05, 0.1) is 12.5 Å². The highest BCUT2D eigenvalue weighted by atomic mass is 32.2. The number of nitrogens with two attached hydrogens (primary N) is 1. The predicted molar refractivity (Wildman–Crippen MR) is 94.5 cm³/mol. The number of nitrogens with zero attached hydrogens (tertiary/aromatic N) is 2. The topological polar surface area (TPSA) is 107 Å². The van der Waals surface area contributed by atoms with Gasteiger partial charge in [0.25, 0.3) is 0 Å². The summed E-state index contributed by atoms with van der Waals surface area (Å²) in [5, 5.41) is 9.32. The van der Waals surface area contributed by atoms with Crippen LogP contribution in [-0.4, -0.2) is 25.5 Å². The van der Waals surface area contributed by atoms with E-state index < -0.39 is 10.0 Å². The third-order valence-corrected chi connectivity index (χ3v) is 5.75. The number of fused-ring (bicyclic) bond motifs is 1. The first-order valence-corrected chi connectivity index (χ1v) is 9.36. The van der Waals surface area contributed by atoms with E-state index in [2.05, 4.69) is 15.3 Å². The second-order valence-electron chi connectivity index (χ2n) is 5.22. The smallest absolute Gasteiger partial charge is 0.241 e. The van der Waals surface area contributed by atoms with Crippen molar-refractivity contribution in [3.05, 3.63) is 35.0 Å². The van der Waals surface area contributed by atoms with Gasteiger partial charge in [0, 0.05) is 10.6 Å². The van der Waals surface area contributed by atoms with Gasteiger partial charge in [-0.3, -0.25) is 0 Å². The Morgan fingerprint density at radius 2 is 2.00 bits per heavy atom. The molecule has 0 unspecified atom stereocenters. The lowest BCUT2D eigenvalue weighted by Crippen LogP contribution is -2.13. The molecule has 0 saturated heterocycles. The van der Waals surface area contributed by atoms with Gasteiger partial charge in [-0.05, 0) is 37.6 Å². The molecule has 0 saturated carbocycles. The van der Waals surface area contributed by atoms with E-state index in [1.165, 1.54) is 19.5 Å². The zero-order valence-corrected chi connectivity index (χ0v) is 15.0. The van der Waals surface area contributed by atoms with Crippen LogP contribution in [0.4, 0.5) is 11.5 Å². The molecule has 0 atom stereocenters. The number of hydrogen-bond acceptors (Lipinski definition) is 7. The van der Waals surface area contributed by atoms with Gasteiger partial charge in [-0.15, -0.1) is 11.3 Å².